The zero-order valence-corrected chi connectivity index (χ0v) is 20.2. The predicted molar refractivity (Wildman–Crippen MR) is 129 cm³/mol. The summed E-state index contributed by atoms with van der Waals surface area (Å²) in [5.41, 5.74) is 1.18. The molecule has 1 aromatic rings. The Morgan fingerprint density at radius 3 is 2.59 bits per heavy atom. The minimum Gasteiger partial charge on any atom is -0.491 e. The standard InChI is InChI=1S/C22H36N4O2.HI/c1-3-23-22(25-19-12-13-26(17-19)20-6-4-5-7-20)24-16-18-8-10-21(11-9-18)28-15-14-27-2;/h8-11,19-20H,3-7,12-17H2,1-2H3,(H2,23,24,25);1H. The summed E-state index contributed by atoms with van der Waals surface area (Å²) in [6.45, 7) is 7.17. The van der Waals surface area contributed by atoms with Crippen LogP contribution in [0.25, 0.3) is 0 Å². The third kappa shape index (κ3) is 7.94. The Morgan fingerprint density at radius 2 is 1.90 bits per heavy atom. The minimum absolute atomic E-state index is 0. The third-order valence-corrected chi connectivity index (χ3v) is 5.65. The van der Waals surface area contributed by atoms with Crippen molar-refractivity contribution in [2.75, 3.05) is 40.0 Å². The maximum absolute atomic E-state index is 5.62. The topological polar surface area (TPSA) is 58.1 Å². The second-order valence-electron chi connectivity index (χ2n) is 7.74. The van der Waals surface area contributed by atoms with Gasteiger partial charge in [-0.3, -0.25) is 4.90 Å². The van der Waals surface area contributed by atoms with Gasteiger partial charge < -0.3 is 20.1 Å². The van der Waals surface area contributed by atoms with E-state index in [0.717, 1.165) is 30.8 Å². The van der Waals surface area contributed by atoms with Crippen molar-refractivity contribution in [3.05, 3.63) is 29.8 Å². The molecule has 0 amide bonds. The molecule has 1 unspecified atom stereocenters. The molecule has 6 nitrogen and oxygen atoms in total. The molecule has 2 aliphatic rings. The van der Waals surface area contributed by atoms with Crippen molar-refractivity contribution in [1.29, 1.82) is 0 Å². The fourth-order valence-corrected chi connectivity index (χ4v) is 4.12. The summed E-state index contributed by atoms with van der Waals surface area (Å²) in [5, 5.41) is 7.04. The van der Waals surface area contributed by atoms with Crippen molar-refractivity contribution in [1.82, 2.24) is 15.5 Å². The highest BCUT2D eigenvalue weighted by molar-refractivity contribution is 14.0. The summed E-state index contributed by atoms with van der Waals surface area (Å²) in [7, 11) is 1.68. The molecule has 1 aromatic carbocycles. The van der Waals surface area contributed by atoms with Crippen molar-refractivity contribution in [3.63, 3.8) is 0 Å². The molecule has 0 aromatic heterocycles. The van der Waals surface area contributed by atoms with E-state index in [1.54, 1.807) is 7.11 Å². The third-order valence-electron chi connectivity index (χ3n) is 5.65. The summed E-state index contributed by atoms with van der Waals surface area (Å²) in [5.74, 6) is 1.79. The van der Waals surface area contributed by atoms with Crippen LogP contribution in [0.5, 0.6) is 5.75 Å². The second kappa shape index (κ2) is 13.3. The number of likely N-dealkylation sites (tertiary alicyclic amines) is 1. The number of ether oxygens (including phenoxy) is 2. The van der Waals surface area contributed by atoms with E-state index in [1.165, 1.54) is 44.2 Å². The maximum atomic E-state index is 5.62. The average Bonchev–Trinajstić information content (AvgIpc) is 3.39. The monoisotopic (exact) mass is 516 g/mol. The summed E-state index contributed by atoms with van der Waals surface area (Å²) in [6, 6.07) is 9.46. The lowest BCUT2D eigenvalue weighted by atomic mass is 10.2. The molecule has 2 N–H and O–H groups in total. The van der Waals surface area contributed by atoms with E-state index in [1.807, 2.05) is 12.1 Å². The van der Waals surface area contributed by atoms with Gasteiger partial charge in [-0.2, -0.15) is 0 Å². The molecule has 164 valence electrons. The molecule has 1 saturated carbocycles. The smallest absolute Gasteiger partial charge is 0.191 e. The van der Waals surface area contributed by atoms with Gasteiger partial charge in [0.15, 0.2) is 5.96 Å². The van der Waals surface area contributed by atoms with E-state index in [2.05, 4.69) is 34.6 Å². The fraction of sp³-hybridized carbons (Fsp3) is 0.682. The average molecular weight is 516 g/mol. The number of hydrogen-bond acceptors (Lipinski definition) is 4. The Labute approximate surface area is 192 Å². The molecule has 7 heteroatoms. The number of nitrogens with one attached hydrogen (secondary N) is 2. The van der Waals surface area contributed by atoms with Crippen molar-refractivity contribution >= 4 is 29.9 Å². The van der Waals surface area contributed by atoms with Gasteiger partial charge in [-0.05, 0) is 43.9 Å². The lowest BCUT2D eigenvalue weighted by molar-refractivity contribution is 0.146. The normalized spacial score (nSPS) is 20.5. The molecule has 1 aliphatic carbocycles. The number of guanidine groups is 1. The van der Waals surface area contributed by atoms with Crippen LogP contribution in [0.1, 0.15) is 44.6 Å². The lowest BCUT2D eigenvalue weighted by Crippen LogP contribution is -2.45. The first-order valence-corrected chi connectivity index (χ1v) is 10.8. The summed E-state index contributed by atoms with van der Waals surface area (Å²) in [6.07, 6.45) is 6.77. The Balaban J connectivity index is 0.00000300. The van der Waals surface area contributed by atoms with Gasteiger partial charge in [0.1, 0.15) is 12.4 Å². The molecular formula is C22H37IN4O2. The summed E-state index contributed by atoms with van der Waals surface area (Å²) < 4.78 is 10.6. The Kier molecular flexibility index (Phi) is 11.1. The van der Waals surface area contributed by atoms with Gasteiger partial charge in [-0.1, -0.05) is 25.0 Å². The van der Waals surface area contributed by atoms with E-state index in [0.29, 0.717) is 25.8 Å². The van der Waals surface area contributed by atoms with E-state index in [9.17, 15) is 0 Å². The molecule has 2 fully saturated rings. The molecule has 1 heterocycles. The first-order chi connectivity index (χ1) is 13.8. The van der Waals surface area contributed by atoms with E-state index in [-0.39, 0.29) is 24.0 Å². The second-order valence-corrected chi connectivity index (χ2v) is 7.74. The molecule has 1 aliphatic heterocycles. The van der Waals surface area contributed by atoms with Crippen LogP contribution < -0.4 is 15.4 Å². The van der Waals surface area contributed by atoms with Crippen molar-refractivity contribution < 1.29 is 9.47 Å². The number of halogens is 1. The fourth-order valence-electron chi connectivity index (χ4n) is 4.12. The molecule has 3 rings (SSSR count). The number of benzene rings is 1. The lowest BCUT2D eigenvalue weighted by Gasteiger charge is -2.24. The quantitative estimate of drug-likeness (QED) is 0.228. The summed E-state index contributed by atoms with van der Waals surface area (Å²) >= 11 is 0. The Hall–Kier alpha value is -1.06. The van der Waals surface area contributed by atoms with Gasteiger partial charge in [0, 0.05) is 38.8 Å². The zero-order valence-electron chi connectivity index (χ0n) is 17.9. The van der Waals surface area contributed by atoms with Crippen LogP contribution in [0.3, 0.4) is 0 Å². The molecular weight excluding hydrogens is 479 g/mol. The molecule has 29 heavy (non-hydrogen) atoms. The van der Waals surface area contributed by atoms with Gasteiger partial charge in [-0.25, -0.2) is 4.99 Å². The highest BCUT2D eigenvalue weighted by Crippen LogP contribution is 2.26. The van der Waals surface area contributed by atoms with Gasteiger partial charge in [0.25, 0.3) is 0 Å². The highest BCUT2D eigenvalue weighted by Gasteiger charge is 2.30. The van der Waals surface area contributed by atoms with Crippen molar-refractivity contribution in [3.8, 4) is 5.75 Å². The van der Waals surface area contributed by atoms with Gasteiger partial charge in [-0.15, -0.1) is 24.0 Å². The van der Waals surface area contributed by atoms with E-state index >= 15 is 0 Å². The van der Waals surface area contributed by atoms with Crippen LogP contribution in [-0.4, -0.2) is 62.9 Å². The van der Waals surface area contributed by atoms with Crippen LogP contribution in [-0.2, 0) is 11.3 Å². The molecule has 0 radical (unpaired) electrons. The number of rotatable bonds is 9. The van der Waals surface area contributed by atoms with Crippen LogP contribution in [0.4, 0.5) is 0 Å². The molecule has 1 saturated heterocycles. The number of methoxy groups -OCH3 is 1. The zero-order chi connectivity index (χ0) is 19.6. The van der Waals surface area contributed by atoms with Crippen LogP contribution in [0.2, 0.25) is 0 Å². The largest absolute Gasteiger partial charge is 0.491 e. The molecule has 0 bridgehead atoms. The first-order valence-electron chi connectivity index (χ1n) is 10.8. The van der Waals surface area contributed by atoms with Gasteiger partial charge in [0.2, 0.25) is 0 Å². The predicted octanol–water partition coefficient (Wildman–Crippen LogP) is 3.40. The van der Waals surface area contributed by atoms with Gasteiger partial charge >= 0.3 is 0 Å². The number of nitrogens with zero attached hydrogens (tertiary/aromatic N) is 2. The minimum atomic E-state index is 0. The SMILES string of the molecule is CCNC(=NCc1ccc(OCCOC)cc1)NC1CCN(C2CCCC2)C1.I. The molecule has 0 spiro atoms. The number of aliphatic imine (C=N–C) groups is 1. The first kappa shape index (κ1) is 24.2. The van der Waals surface area contributed by atoms with Gasteiger partial charge in [0.05, 0.1) is 13.2 Å². The van der Waals surface area contributed by atoms with Crippen molar-refractivity contribution in [2.45, 2.75) is 57.7 Å². The van der Waals surface area contributed by atoms with Crippen LogP contribution in [0.15, 0.2) is 29.3 Å². The van der Waals surface area contributed by atoms with E-state index in [4.69, 9.17) is 14.5 Å². The Morgan fingerprint density at radius 1 is 1.14 bits per heavy atom. The number of hydrogen-bond donors (Lipinski definition) is 2. The molecule has 1 atom stereocenters. The maximum Gasteiger partial charge on any atom is 0.191 e. The van der Waals surface area contributed by atoms with E-state index < -0.39 is 0 Å². The van der Waals surface area contributed by atoms with Crippen LogP contribution >= 0.6 is 24.0 Å². The summed E-state index contributed by atoms with van der Waals surface area (Å²) in [4.78, 5) is 7.47. The van der Waals surface area contributed by atoms with Crippen molar-refractivity contribution in [2.24, 2.45) is 4.99 Å². The van der Waals surface area contributed by atoms with Crippen LogP contribution in [0, 0.1) is 0 Å². The highest BCUT2D eigenvalue weighted by atomic mass is 127. The Bertz CT molecular complexity index is 605.